The van der Waals surface area contributed by atoms with Crippen molar-refractivity contribution in [1.29, 1.82) is 5.26 Å². The summed E-state index contributed by atoms with van der Waals surface area (Å²) in [6, 6.07) is 17.3. The number of amides is 1. The lowest BCUT2D eigenvalue weighted by atomic mass is 10.0. The summed E-state index contributed by atoms with van der Waals surface area (Å²) in [5, 5.41) is 8.85. The summed E-state index contributed by atoms with van der Waals surface area (Å²) < 4.78 is 5.65. The Balaban J connectivity index is 1.56. The molecule has 0 spiro atoms. The summed E-state index contributed by atoms with van der Waals surface area (Å²) in [5.74, 6) is 0.763. The maximum atomic E-state index is 12.2. The number of carbonyl (C=O) groups excluding carboxylic acids is 1. The van der Waals surface area contributed by atoms with Crippen molar-refractivity contribution in [3.8, 4) is 22.9 Å². The number of likely N-dealkylation sites (tertiary alicyclic amines) is 1. The van der Waals surface area contributed by atoms with Crippen LogP contribution in [0.2, 0.25) is 0 Å². The minimum atomic E-state index is 0.0677. The first-order valence-corrected chi connectivity index (χ1v) is 8.77. The number of nitrogens with zero attached hydrogens (tertiary/aromatic N) is 2. The van der Waals surface area contributed by atoms with Gasteiger partial charge >= 0.3 is 0 Å². The Morgan fingerprint density at radius 3 is 2.04 bits per heavy atom. The first-order chi connectivity index (χ1) is 12.3. The second kappa shape index (κ2) is 8.34. The molecule has 1 amide bonds. The average molecular weight is 334 g/mol. The fourth-order valence-corrected chi connectivity index (χ4v) is 3.04. The Hall–Kier alpha value is -2.80. The molecule has 4 heteroatoms. The molecule has 0 unspecified atom stereocenters. The zero-order chi connectivity index (χ0) is 17.5. The quantitative estimate of drug-likeness (QED) is 0.849. The fraction of sp³-hybridized carbons (Fsp3) is 0.333. The van der Waals surface area contributed by atoms with Gasteiger partial charge in [-0.25, -0.2) is 0 Å². The van der Waals surface area contributed by atoms with E-state index in [0.29, 0.717) is 11.3 Å². The molecule has 0 saturated carbocycles. The SMILES string of the molecule is N#Cc1ccc(-c2ccc(OCC(=O)N3CCCCCC3)cc2)cc1. The molecule has 0 atom stereocenters. The number of hydrogen-bond acceptors (Lipinski definition) is 3. The zero-order valence-electron chi connectivity index (χ0n) is 14.3. The van der Waals surface area contributed by atoms with Crippen LogP contribution < -0.4 is 4.74 Å². The van der Waals surface area contributed by atoms with E-state index in [-0.39, 0.29) is 12.5 Å². The Labute approximate surface area is 148 Å². The largest absolute Gasteiger partial charge is 0.484 e. The molecular weight excluding hydrogens is 312 g/mol. The summed E-state index contributed by atoms with van der Waals surface area (Å²) in [7, 11) is 0. The number of nitriles is 1. The van der Waals surface area contributed by atoms with Gasteiger partial charge in [-0.1, -0.05) is 37.1 Å². The molecule has 0 N–H and O–H groups in total. The van der Waals surface area contributed by atoms with E-state index >= 15 is 0 Å². The van der Waals surface area contributed by atoms with Gasteiger partial charge in [0.25, 0.3) is 5.91 Å². The van der Waals surface area contributed by atoms with Crippen molar-refractivity contribution in [1.82, 2.24) is 4.90 Å². The van der Waals surface area contributed by atoms with Crippen LogP contribution in [0, 0.1) is 11.3 Å². The zero-order valence-corrected chi connectivity index (χ0v) is 14.3. The molecule has 3 rings (SSSR count). The summed E-state index contributed by atoms with van der Waals surface area (Å²) in [6.45, 7) is 1.79. The summed E-state index contributed by atoms with van der Waals surface area (Å²) in [6.07, 6.45) is 4.60. The average Bonchev–Trinajstić information content (AvgIpc) is 2.96. The van der Waals surface area contributed by atoms with Crippen LogP contribution in [0.4, 0.5) is 0 Å². The molecule has 1 aliphatic rings. The third-order valence-electron chi connectivity index (χ3n) is 4.52. The van der Waals surface area contributed by atoms with Gasteiger partial charge in [-0.3, -0.25) is 4.79 Å². The molecule has 0 radical (unpaired) electrons. The number of benzene rings is 2. The molecule has 1 fully saturated rings. The van der Waals surface area contributed by atoms with Gasteiger partial charge in [0.1, 0.15) is 5.75 Å². The molecule has 25 heavy (non-hydrogen) atoms. The Bertz CT molecular complexity index is 737. The number of hydrogen-bond donors (Lipinski definition) is 0. The van der Waals surface area contributed by atoms with Crippen LogP contribution in [-0.4, -0.2) is 30.5 Å². The predicted molar refractivity (Wildman–Crippen MR) is 97.1 cm³/mol. The van der Waals surface area contributed by atoms with Crippen LogP contribution >= 0.6 is 0 Å². The standard InChI is InChI=1S/C21H22N2O2/c22-15-17-5-7-18(8-6-17)19-9-11-20(12-10-19)25-16-21(24)23-13-3-1-2-4-14-23/h5-12H,1-4,13-14,16H2. The third-order valence-corrected chi connectivity index (χ3v) is 4.52. The van der Waals surface area contributed by atoms with E-state index in [9.17, 15) is 4.79 Å². The molecule has 1 heterocycles. The second-order valence-electron chi connectivity index (χ2n) is 6.30. The minimum Gasteiger partial charge on any atom is -0.484 e. The molecule has 1 saturated heterocycles. The highest BCUT2D eigenvalue weighted by Gasteiger charge is 2.15. The van der Waals surface area contributed by atoms with E-state index in [2.05, 4.69) is 6.07 Å². The second-order valence-corrected chi connectivity index (χ2v) is 6.30. The highest BCUT2D eigenvalue weighted by Crippen LogP contribution is 2.23. The van der Waals surface area contributed by atoms with Crippen LogP contribution in [0.15, 0.2) is 48.5 Å². The maximum absolute atomic E-state index is 12.2. The maximum Gasteiger partial charge on any atom is 0.260 e. The monoisotopic (exact) mass is 334 g/mol. The van der Waals surface area contributed by atoms with Crippen molar-refractivity contribution >= 4 is 5.91 Å². The van der Waals surface area contributed by atoms with Crippen LogP contribution in [0.25, 0.3) is 11.1 Å². The number of carbonyl (C=O) groups is 1. The molecule has 1 aliphatic heterocycles. The van der Waals surface area contributed by atoms with E-state index in [0.717, 1.165) is 37.1 Å². The number of ether oxygens (including phenoxy) is 1. The Morgan fingerprint density at radius 1 is 0.920 bits per heavy atom. The Morgan fingerprint density at radius 2 is 1.48 bits per heavy atom. The molecule has 128 valence electrons. The normalized spacial score (nSPS) is 14.4. The van der Waals surface area contributed by atoms with Gasteiger partial charge in [-0.05, 0) is 48.2 Å². The highest BCUT2D eigenvalue weighted by atomic mass is 16.5. The van der Waals surface area contributed by atoms with E-state index in [1.807, 2.05) is 41.3 Å². The van der Waals surface area contributed by atoms with E-state index in [1.54, 1.807) is 12.1 Å². The molecule has 2 aromatic rings. The Kier molecular flexibility index (Phi) is 5.69. The van der Waals surface area contributed by atoms with Crippen molar-refractivity contribution in [3.05, 3.63) is 54.1 Å². The summed E-state index contributed by atoms with van der Waals surface area (Å²) >= 11 is 0. The van der Waals surface area contributed by atoms with Gasteiger partial charge in [0.15, 0.2) is 6.61 Å². The van der Waals surface area contributed by atoms with Crippen molar-refractivity contribution in [2.45, 2.75) is 25.7 Å². The van der Waals surface area contributed by atoms with E-state index in [4.69, 9.17) is 10.00 Å². The van der Waals surface area contributed by atoms with Crippen LogP contribution in [0.3, 0.4) is 0 Å². The van der Waals surface area contributed by atoms with Gasteiger partial charge in [0.05, 0.1) is 11.6 Å². The highest BCUT2D eigenvalue weighted by molar-refractivity contribution is 5.77. The van der Waals surface area contributed by atoms with Crippen LogP contribution in [0.5, 0.6) is 5.75 Å². The topological polar surface area (TPSA) is 53.3 Å². The van der Waals surface area contributed by atoms with E-state index in [1.165, 1.54) is 12.8 Å². The van der Waals surface area contributed by atoms with Crippen molar-refractivity contribution in [2.24, 2.45) is 0 Å². The first-order valence-electron chi connectivity index (χ1n) is 8.77. The lowest BCUT2D eigenvalue weighted by molar-refractivity contribution is -0.133. The smallest absolute Gasteiger partial charge is 0.260 e. The molecule has 0 bridgehead atoms. The summed E-state index contributed by atoms with van der Waals surface area (Å²) in [5.41, 5.74) is 2.75. The van der Waals surface area contributed by atoms with E-state index < -0.39 is 0 Å². The van der Waals surface area contributed by atoms with Gasteiger partial charge < -0.3 is 9.64 Å². The number of rotatable bonds is 4. The third kappa shape index (κ3) is 4.60. The minimum absolute atomic E-state index is 0.0677. The van der Waals surface area contributed by atoms with Gasteiger partial charge in [0.2, 0.25) is 0 Å². The van der Waals surface area contributed by atoms with Crippen molar-refractivity contribution < 1.29 is 9.53 Å². The molecule has 4 nitrogen and oxygen atoms in total. The lowest BCUT2D eigenvalue weighted by Gasteiger charge is -2.20. The first kappa shape index (κ1) is 17.0. The van der Waals surface area contributed by atoms with Gasteiger partial charge in [0, 0.05) is 13.1 Å². The summed E-state index contributed by atoms with van der Waals surface area (Å²) in [4.78, 5) is 14.2. The molecular formula is C21H22N2O2. The molecule has 0 aliphatic carbocycles. The molecule has 0 aromatic heterocycles. The van der Waals surface area contributed by atoms with Gasteiger partial charge in [-0.2, -0.15) is 5.26 Å². The fourth-order valence-electron chi connectivity index (χ4n) is 3.04. The predicted octanol–water partition coefficient (Wildman–Crippen LogP) is 4.01. The van der Waals surface area contributed by atoms with Crippen molar-refractivity contribution in [3.63, 3.8) is 0 Å². The van der Waals surface area contributed by atoms with Crippen LogP contribution in [-0.2, 0) is 4.79 Å². The van der Waals surface area contributed by atoms with Crippen LogP contribution in [0.1, 0.15) is 31.2 Å². The lowest BCUT2D eigenvalue weighted by Crippen LogP contribution is -2.35. The van der Waals surface area contributed by atoms with Gasteiger partial charge in [-0.15, -0.1) is 0 Å². The van der Waals surface area contributed by atoms with Crippen molar-refractivity contribution in [2.75, 3.05) is 19.7 Å². The molecule has 2 aromatic carbocycles.